The minimum Gasteiger partial charge on any atom is -0.480 e. The van der Waals surface area contributed by atoms with E-state index in [1.54, 1.807) is 12.1 Å². The first kappa shape index (κ1) is 13.8. The van der Waals surface area contributed by atoms with E-state index >= 15 is 0 Å². The molecule has 0 aliphatic rings. The zero-order chi connectivity index (χ0) is 13.5. The molecule has 3 N–H and O–H groups in total. The number of nitrogens with zero attached hydrogens (tertiary/aromatic N) is 1. The van der Waals surface area contributed by atoms with Gasteiger partial charge in [-0.2, -0.15) is 0 Å². The Hall–Kier alpha value is -2.31. The van der Waals surface area contributed by atoms with Gasteiger partial charge in [-0.3, -0.25) is 4.79 Å². The number of carbonyl (C=O) groups is 2. The van der Waals surface area contributed by atoms with E-state index in [0.29, 0.717) is 18.2 Å². The van der Waals surface area contributed by atoms with E-state index in [2.05, 4.69) is 15.6 Å². The van der Waals surface area contributed by atoms with Gasteiger partial charge >= 0.3 is 12.0 Å². The van der Waals surface area contributed by atoms with Gasteiger partial charge in [0, 0.05) is 6.07 Å². The van der Waals surface area contributed by atoms with Crippen LogP contribution >= 0.6 is 0 Å². The Labute approximate surface area is 104 Å². The number of rotatable bonds is 5. The van der Waals surface area contributed by atoms with Crippen molar-refractivity contribution in [1.29, 1.82) is 0 Å². The molecule has 7 heteroatoms. The Morgan fingerprint density at radius 2 is 2.22 bits per heavy atom. The van der Waals surface area contributed by atoms with Gasteiger partial charge < -0.3 is 20.5 Å². The highest BCUT2D eigenvalue weighted by Crippen LogP contribution is 2.11. The van der Waals surface area contributed by atoms with E-state index in [9.17, 15) is 9.59 Å². The van der Waals surface area contributed by atoms with E-state index in [1.165, 1.54) is 13.1 Å². The van der Waals surface area contributed by atoms with Gasteiger partial charge in [0.2, 0.25) is 5.88 Å². The molecule has 0 bridgehead atoms. The van der Waals surface area contributed by atoms with Gasteiger partial charge in [0.15, 0.2) is 0 Å². The molecular weight excluding hydrogens is 238 g/mol. The summed E-state index contributed by atoms with van der Waals surface area (Å²) in [6, 6.07) is 1.67. The van der Waals surface area contributed by atoms with Gasteiger partial charge in [-0.25, -0.2) is 9.78 Å². The van der Waals surface area contributed by atoms with Crippen molar-refractivity contribution >= 4 is 17.7 Å². The molecule has 0 fully saturated rings. The van der Waals surface area contributed by atoms with Gasteiger partial charge in [0.1, 0.15) is 6.04 Å². The van der Waals surface area contributed by atoms with Crippen LogP contribution in [0.3, 0.4) is 0 Å². The van der Waals surface area contributed by atoms with Gasteiger partial charge in [0.25, 0.3) is 0 Å². The van der Waals surface area contributed by atoms with Crippen LogP contribution < -0.4 is 15.4 Å². The quantitative estimate of drug-likeness (QED) is 0.728. The maximum atomic E-state index is 11.4. The molecule has 1 rings (SSSR count). The number of pyridine rings is 1. The molecule has 0 unspecified atom stereocenters. The Morgan fingerprint density at radius 1 is 1.50 bits per heavy atom. The summed E-state index contributed by atoms with van der Waals surface area (Å²) >= 11 is 0. The van der Waals surface area contributed by atoms with Crippen LogP contribution in [0.15, 0.2) is 18.3 Å². The molecule has 1 aromatic heterocycles. The van der Waals surface area contributed by atoms with E-state index in [0.717, 1.165) is 0 Å². The summed E-state index contributed by atoms with van der Waals surface area (Å²) < 4.78 is 5.14. The molecule has 0 radical (unpaired) electrons. The van der Waals surface area contributed by atoms with Crippen LogP contribution in [-0.2, 0) is 4.79 Å². The molecule has 0 aliphatic carbocycles. The molecule has 1 aromatic rings. The fraction of sp³-hybridized carbons (Fsp3) is 0.364. The fourth-order valence-corrected chi connectivity index (χ4v) is 1.11. The highest BCUT2D eigenvalue weighted by molar-refractivity contribution is 5.91. The molecule has 1 atom stereocenters. The van der Waals surface area contributed by atoms with Crippen molar-refractivity contribution < 1.29 is 19.4 Å². The molecule has 7 nitrogen and oxygen atoms in total. The van der Waals surface area contributed by atoms with Crippen molar-refractivity contribution in [3.63, 3.8) is 0 Å². The third kappa shape index (κ3) is 4.28. The Morgan fingerprint density at radius 3 is 2.72 bits per heavy atom. The zero-order valence-electron chi connectivity index (χ0n) is 10.1. The highest BCUT2D eigenvalue weighted by atomic mass is 16.5. The van der Waals surface area contributed by atoms with Crippen molar-refractivity contribution in [3.8, 4) is 5.88 Å². The monoisotopic (exact) mass is 253 g/mol. The number of urea groups is 1. The van der Waals surface area contributed by atoms with Crippen molar-refractivity contribution in [3.05, 3.63) is 18.3 Å². The van der Waals surface area contributed by atoms with E-state index < -0.39 is 18.0 Å². The first-order chi connectivity index (χ1) is 8.52. The Balaban J connectivity index is 2.51. The molecule has 0 aliphatic heterocycles. The number of amides is 2. The van der Waals surface area contributed by atoms with Crippen LogP contribution in [0.4, 0.5) is 10.5 Å². The van der Waals surface area contributed by atoms with E-state index in [1.807, 2.05) is 6.92 Å². The predicted molar refractivity (Wildman–Crippen MR) is 64.7 cm³/mol. The van der Waals surface area contributed by atoms with Crippen molar-refractivity contribution in [2.75, 3.05) is 11.9 Å². The second-order valence-corrected chi connectivity index (χ2v) is 3.48. The lowest BCUT2D eigenvalue weighted by atomic mass is 10.3. The number of aliphatic carboxylic acids is 1. The molecule has 98 valence electrons. The molecule has 0 saturated heterocycles. The molecule has 1 heterocycles. The zero-order valence-corrected chi connectivity index (χ0v) is 10.1. The topological polar surface area (TPSA) is 101 Å². The summed E-state index contributed by atoms with van der Waals surface area (Å²) in [7, 11) is 0. The number of aromatic nitrogens is 1. The third-order valence-electron chi connectivity index (χ3n) is 2.00. The lowest BCUT2D eigenvalue weighted by Crippen LogP contribution is -2.40. The summed E-state index contributed by atoms with van der Waals surface area (Å²) in [5, 5.41) is 13.3. The molecule has 2 amide bonds. The van der Waals surface area contributed by atoms with Crippen molar-refractivity contribution in [1.82, 2.24) is 10.3 Å². The Kier molecular flexibility index (Phi) is 4.91. The number of carbonyl (C=O) groups excluding carboxylic acids is 1. The van der Waals surface area contributed by atoms with Crippen LogP contribution in [0, 0.1) is 0 Å². The van der Waals surface area contributed by atoms with Crippen LogP contribution in [-0.4, -0.2) is 34.7 Å². The molecular formula is C11H15N3O4. The van der Waals surface area contributed by atoms with E-state index in [-0.39, 0.29) is 0 Å². The minimum absolute atomic E-state index is 0.452. The SMILES string of the molecule is CCOc1ccc(NC(=O)N[C@H](C)C(=O)O)cn1. The second kappa shape index (κ2) is 6.43. The largest absolute Gasteiger partial charge is 0.480 e. The minimum atomic E-state index is -1.10. The number of hydrogen-bond acceptors (Lipinski definition) is 4. The molecule has 0 saturated carbocycles. The first-order valence-electron chi connectivity index (χ1n) is 5.42. The van der Waals surface area contributed by atoms with Crippen LogP contribution in [0.5, 0.6) is 5.88 Å². The summed E-state index contributed by atoms with van der Waals surface area (Å²) in [5.74, 6) is -0.641. The number of ether oxygens (including phenoxy) is 1. The van der Waals surface area contributed by atoms with E-state index in [4.69, 9.17) is 9.84 Å². The number of carboxylic acids is 1. The lowest BCUT2D eigenvalue weighted by molar-refractivity contribution is -0.138. The molecule has 18 heavy (non-hydrogen) atoms. The number of hydrogen-bond donors (Lipinski definition) is 3. The van der Waals surface area contributed by atoms with Crippen LogP contribution in [0.1, 0.15) is 13.8 Å². The third-order valence-corrected chi connectivity index (χ3v) is 2.00. The summed E-state index contributed by atoms with van der Waals surface area (Å²) in [5.41, 5.74) is 0.452. The second-order valence-electron chi connectivity index (χ2n) is 3.48. The van der Waals surface area contributed by atoms with Gasteiger partial charge in [0.05, 0.1) is 18.5 Å². The van der Waals surface area contributed by atoms with Crippen LogP contribution in [0.25, 0.3) is 0 Å². The molecule has 0 spiro atoms. The maximum Gasteiger partial charge on any atom is 0.325 e. The summed E-state index contributed by atoms with van der Waals surface area (Å²) in [6.07, 6.45) is 1.43. The number of nitrogens with one attached hydrogen (secondary N) is 2. The van der Waals surface area contributed by atoms with Gasteiger partial charge in [-0.05, 0) is 19.9 Å². The number of anilines is 1. The summed E-state index contributed by atoms with van der Waals surface area (Å²) in [6.45, 7) is 3.73. The normalized spacial score (nSPS) is 11.4. The average molecular weight is 253 g/mol. The van der Waals surface area contributed by atoms with Gasteiger partial charge in [-0.15, -0.1) is 0 Å². The molecule has 0 aromatic carbocycles. The lowest BCUT2D eigenvalue weighted by Gasteiger charge is -2.10. The van der Waals surface area contributed by atoms with Crippen molar-refractivity contribution in [2.24, 2.45) is 0 Å². The number of carboxylic acid groups (broad SMARTS) is 1. The van der Waals surface area contributed by atoms with Gasteiger partial charge in [-0.1, -0.05) is 0 Å². The summed E-state index contributed by atoms with van der Waals surface area (Å²) in [4.78, 5) is 25.9. The Bertz CT molecular complexity index is 419. The highest BCUT2D eigenvalue weighted by Gasteiger charge is 2.13. The fourth-order valence-electron chi connectivity index (χ4n) is 1.11. The van der Waals surface area contributed by atoms with Crippen LogP contribution in [0.2, 0.25) is 0 Å². The standard InChI is InChI=1S/C11H15N3O4/c1-3-18-9-5-4-8(6-12-9)14-11(17)13-7(2)10(15)16/h4-7H,3H2,1-2H3,(H,15,16)(H2,13,14,17)/t7-/m1/s1. The van der Waals surface area contributed by atoms with Crippen molar-refractivity contribution in [2.45, 2.75) is 19.9 Å². The predicted octanol–water partition coefficient (Wildman–Crippen LogP) is 1.07. The maximum absolute atomic E-state index is 11.4. The first-order valence-corrected chi connectivity index (χ1v) is 5.42. The average Bonchev–Trinajstić information content (AvgIpc) is 2.31. The smallest absolute Gasteiger partial charge is 0.325 e.